The highest BCUT2D eigenvalue weighted by molar-refractivity contribution is 6.03. The van der Waals surface area contributed by atoms with Gasteiger partial charge in [-0.15, -0.1) is 0 Å². The van der Waals surface area contributed by atoms with E-state index >= 15 is 0 Å². The van der Waals surface area contributed by atoms with Crippen molar-refractivity contribution in [2.24, 2.45) is 0 Å². The van der Waals surface area contributed by atoms with Gasteiger partial charge in [0.15, 0.2) is 11.5 Å². The minimum atomic E-state index is 0.156. The van der Waals surface area contributed by atoms with Crippen LogP contribution in [-0.4, -0.2) is 25.5 Å². The third kappa shape index (κ3) is 2.22. The molecule has 1 aromatic carbocycles. The normalized spacial score (nSPS) is 12.6. The average molecular weight is 327 g/mol. The van der Waals surface area contributed by atoms with Gasteiger partial charge in [0, 0.05) is 0 Å². The summed E-state index contributed by atoms with van der Waals surface area (Å²) in [5, 5.41) is 1.60. The van der Waals surface area contributed by atoms with Gasteiger partial charge in [0.25, 0.3) is 0 Å². The van der Waals surface area contributed by atoms with E-state index in [-0.39, 0.29) is 6.79 Å². The molecule has 6 nitrogen and oxygen atoms in total. The van der Waals surface area contributed by atoms with E-state index in [4.69, 9.17) is 23.4 Å². The van der Waals surface area contributed by atoms with Crippen molar-refractivity contribution in [3.05, 3.63) is 30.0 Å². The standard InChI is InChI=1S/C18H17NO5/c1-10(2)4-6-21-17-14-12(8-13-16(17)24-9-23-13)15(20-3)11-5-7-22-18(11)19-14/h4-5,7-8H,6,9H2,1-3H3. The molecule has 124 valence electrons. The van der Waals surface area contributed by atoms with E-state index in [1.54, 1.807) is 13.4 Å². The molecule has 0 spiro atoms. The Labute approximate surface area is 138 Å². The van der Waals surface area contributed by atoms with E-state index in [1.807, 2.05) is 32.1 Å². The maximum atomic E-state index is 5.96. The van der Waals surface area contributed by atoms with Gasteiger partial charge in [-0.25, -0.2) is 4.98 Å². The van der Waals surface area contributed by atoms with Crippen LogP contribution >= 0.6 is 0 Å². The van der Waals surface area contributed by atoms with Crippen LogP contribution in [0.2, 0.25) is 0 Å². The van der Waals surface area contributed by atoms with Crippen molar-refractivity contribution in [3.63, 3.8) is 0 Å². The lowest BCUT2D eigenvalue weighted by Crippen LogP contribution is -1.99. The first-order chi connectivity index (χ1) is 11.7. The molecular formula is C18H17NO5. The second-order valence-corrected chi connectivity index (χ2v) is 5.71. The van der Waals surface area contributed by atoms with Gasteiger partial charge in [-0.05, 0) is 32.1 Å². The second-order valence-electron chi connectivity index (χ2n) is 5.71. The van der Waals surface area contributed by atoms with Gasteiger partial charge in [-0.1, -0.05) is 5.57 Å². The Morgan fingerprint density at radius 1 is 1.25 bits per heavy atom. The Balaban J connectivity index is 1.99. The van der Waals surface area contributed by atoms with Crippen molar-refractivity contribution < 1.29 is 23.4 Å². The van der Waals surface area contributed by atoms with E-state index in [0.29, 0.717) is 40.8 Å². The number of benzene rings is 1. The van der Waals surface area contributed by atoms with Gasteiger partial charge >= 0.3 is 0 Å². The number of hydrogen-bond acceptors (Lipinski definition) is 6. The zero-order valence-electron chi connectivity index (χ0n) is 13.7. The van der Waals surface area contributed by atoms with Crippen molar-refractivity contribution in [2.45, 2.75) is 13.8 Å². The van der Waals surface area contributed by atoms with Crippen LogP contribution in [0.15, 0.2) is 34.5 Å². The quantitative estimate of drug-likeness (QED) is 0.673. The minimum absolute atomic E-state index is 0.156. The van der Waals surface area contributed by atoms with Crippen LogP contribution < -0.4 is 18.9 Å². The zero-order valence-corrected chi connectivity index (χ0v) is 13.7. The van der Waals surface area contributed by atoms with E-state index < -0.39 is 0 Å². The Morgan fingerprint density at radius 3 is 2.92 bits per heavy atom. The van der Waals surface area contributed by atoms with Crippen LogP contribution in [0.5, 0.6) is 23.0 Å². The molecular weight excluding hydrogens is 310 g/mol. The third-order valence-electron chi connectivity index (χ3n) is 3.86. The summed E-state index contributed by atoms with van der Waals surface area (Å²) in [5.74, 6) is 2.39. The van der Waals surface area contributed by atoms with E-state index in [9.17, 15) is 0 Å². The van der Waals surface area contributed by atoms with Crippen molar-refractivity contribution >= 4 is 22.0 Å². The lowest BCUT2D eigenvalue weighted by molar-refractivity contribution is 0.170. The smallest absolute Gasteiger partial charge is 0.231 e. The largest absolute Gasteiger partial charge is 0.495 e. The first kappa shape index (κ1) is 14.7. The highest BCUT2D eigenvalue weighted by Gasteiger charge is 2.26. The average Bonchev–Trinajstić information content (AvgIpc) is 3.20. The molecule has 0 radical (unpaired) electrons. The van der Waals surface area contributed by atoms with Crippen molar-refractivity contribution in [2.75, 3.05) is 20.5 Å². The lowest BCUT2D eigenvalue weighted by Gasteiger charge is -2.13. The fourth-order valence-corrected chi connectivity index (χ4v) is 2.74. The molecule has 0 saturated heterocycles. The Morgan fingerprint density at radius 2 is 2.12 bits per heavy atom. The zero-order chi connectivity index (χ0) is 16.7. The topological polar surface area (TPSA) is 63.0 Å². The summed E-state index contributed by atoms with van der Waals surface area (Å²) in [4.78, 5) is 4.59. The predicted octanol–water partition coefficient (Wildman–Crippen LogP) is 4.06. The Kier molecular flexibility index (Phi) is 3.45. The summed E-state index contributed by atoms with van der Waals surface area (Å²) < 4.78 is 28.1. The van der Waals surface area contributed by atoms with Crippen LogP contribution in [-0.2, 0) is 0 Å². The lowest BCUT2D eigenvalue weighted by atomic mass is 10.1. The molecule has 3 heterocycles. The molecule has 1 aliphatic heterocycles. The van der Waals surface area contributed by atoms with Crippen LogP contribution in [0, 0.1) is 0 Å². The molecule has 3 aromatic rings. The number of rotatable bonds is 4. The number of ether oxygens (including phenoxy) is 4. The number of aromatic nitrogens is 1. The highest BCUT2D eigenvalue weighted by atomic mass is 16.7. The molecule has 0 fully saturated rings. The first-order valence-electron chi connectivity index (χ1n) is 7.62. The monoisotopic (exact) mass is 327 g/mol. The van der Waals surface area contributed by atoms with Gasteiger partial charge in [0.2, 0.25) is 18.3 Å². The molecule has 0 amide bonds. The predicted molar refractivity (Wildman–Crippen MR) is 89.1 cm³/mol. The second kappa shape index (κ2) is 5.63. The van der Waals surface area contributed by atoms with Crippen LogP contribution in [0.25, 0.3) is 22.0 Å². The van der Waals surface area contributed by atoms with Crippen LogP contribution in [0.3, 0.4) is 0 Å². The maximum Gasteiger partial charge on any atom is 0.231 e. The molecule has 1 aliphatic rings. The molecule has 0 N–H and O–H groups in total. The molecule has 4 rings (SSSR count). The van der Waals surface area contributed by atoms with E-state index in [0.717, 1.165) is 10.8 Å². The maximum absolute atomic E-state index is 5.96. The summed E-state index contributed by atoms with van der Waals surface area (Å²) in [5.41, 5.74) is 2.29. The number of furan rings is 1. The number of nitrogens with zero attached hydrogens (tertiary/aromatic N) is 1. The van der Waals surface area contributed by atoms with Gasteiger partial charge in [-0.2, -0.15) is 0 Å². The van der Waals surface area contributed by atoms with Crippen molar-refractivity contribution in [3.8, 4) is 23.0 Å². The van der Waals surface area contributed by atoms with Crippen LogP contribution in [0.4, 0.5) is 0 Å². The Hall–Kier alpha value is -2.89. The summed E-state index contributed by atoms with van der Waals surface area (Å²) in [6, 6.07) is 3.69. The molecule has 6 heteroatoms. The Bertz CT molecular complexity index is 953. The summed E-state index contributed by atoms with van der Waals surface area (Å²) >= 11 is 0. The van der Waals surface area contributed by atoms with Crippen molar-refractivity contribution in [1.29, 1.82) is 0 Å². The number of hydrogen-bond donors (Lipinski definition) is 0. The highest BCUT2D eigenvalue weighted by Crippen LogP contribution is 2.49. The summed E-state index contributed by atoms with van der Waals surface area (Å²) in [6.45, 7) is 4.61. The minimum Gasteiger partial charge on any atom is -0.495 e. The van der Waals surface area contributed by atoms with Crippen LogP contribution in [0.1, 0.15) is 13.8 Å². The van der Waals surface area contributed by atoms with Gasteiger partial charge in [0.1, 0.15) is 17.9 Å². The first-order valence-corrected chi connectivity index (χ1v) is 7.62. The van der Waals surface area contributed by atoms with E-state index in [2.05, 4.69) is 4.98 Å². The van der Waals surface area contributed by atoms with Gasteiger partial charge < -0.3 is 23.4 Å². The number of fused-ring (bicyclic) bond motifs is 3. The molecule has 24 heavy (non-hydrogen) atoms. The van der Waals surface area contributed by atoms with Crippen molar-refractivity contribution in [1.82, 2.24) is 4.98 Å². The summed E-state index contributed by atoms with van der Waals surface area (Å²) in [7, 11) is 1.62. The van der Waals surface area contributed by atoms with E-state index in [1.165, 1.54) is 5.57 Å². The third-order valence-corrected chi connectivity index (χ3v) is 3.86. The molecule has 2 aromatic heterocycles. The molecule has 0 aliphatic carbocycles. The number of methoxy groups -OCH3 is 1. The summed E-state index contributed by atoms with van der Waals surface area (Å²) in [6.07, 6.45) is 3.58. The molecule has 0 unspecified atom stereocenters. The fourth-order valence-electron chi connectivity index (χ4n) is 2.74. The van der Waals surface area contributed by atoms with Gasteiger partial charge in [0.05, 0.1) is 24.1 Å². The number of pyridine rings is 1. The molecule has 0 atom stereocenters. The SMILES string of the molecule is COc1c2ccoc2nc2c(OCC=C(C)C)c3c(cc12)OCO3. The molecule has 0 saturated carbocycles. The molecule has 0 bridgehead atoms. The fraction of sp³-hybridized carbons (Fsp3) is 0.278. The van der Waals surface area contributed by atoms with Gasteiger partial charge in [-0.3, -0.25) is 0 Å². The number of allylic oxidation sites excluding steroid dienone is 1.